The van der Waals surface area contributed by atoms with E-state index in [9.17, 15) is 0 Å². The summed E-state index contributed by atoms with van der Waals surface area (Å²) in [5, 5.41) is 15.5. The molecule has 0 aromatic heterocycles. The highest BCUT2D eigenvalue weighted by Crippen LogP contribution is 2.30. The Labute approximate surface area is 154 Å². The second kappa shape index (κ2) is 9.94. The van der Waals surface area contributed by atoms with Crippen molar-refractivity contribution in [2.24, 2.45) is 4.99 Å². The number of rotatable bonds is 7. The maximum Gasteiger partial charge on any atom is 0.196 e. The molecular weight excluding hydrogens is 328 g/mol. The van der Waals surface area contributed by atoms with Crippen LogP contribution in [0.15, 0.2) is 47.5 Å². The third kappa shape index (κ3) is 5.42. The summed E-state index contributed by atoms with van der Waals surface area (Å²) in [6.45, 7) is 5.70. The van der Waals surface area contributed by atoms with Crippen LogP contribution in [-0.4, -0.2) is 26.2 Å². The number of hydrogen-bond acceptors (Lipinski definition) is 4. The molecule has 0 amide bonds. The van der Waals surface area contributed by atoms with Crippen molar-refractivity contribution < 1.29 is 9.47 Å². The SMILES string of the molecule is CCNC(=NCc1cccc(C#N)c1)Nc1ccc(OC)c(OCC)c1. The summed E-state index contributed by atoms with van der Waals surface area (Å²) < 4.78 is 10.9. The second-order valence-corrected chi connectivity index (χ2v) is 5.43. The Balaban J connectivity index is 2.16. The van der Waals surface area contributed by atoms with Crippen molar-refractivity contribution in [3.05, 3.63) is 53.6 Å². The fourth-order valence-electron chi connectivity index (χ4n) is 2.38. The van der Waals surface area contributed by atoms with Crippen LogP contribution in [0.25, 0.3) is 0 Å². The monoisotopic (exact) mass is 352 g/mol. The highest BCUT2D eigenvalue weighted by atomic mass is 16.5. The van der Waals surface area contributed by atoms with E-state index in [1.807, 2.05) is 50.2 Å². The summed E-state index contributed by atoms with van der Waals surface area (Å²) in [5.41, 5.74) is 2.46. The molecule has 6 nitrogen and oxygen atoms in total. The Morgan fingerprint density at radius 2 is 2.00 bits per heavy atom. The minimum atomic E-state index is 0.472. The molecule has 0 aliphatic carbocycles. The average molecular weight is 352 g/mol. The van der Waals surface area contributed by atoms with Crippen molar-refractivity contribution >= 4 is 11.6 Å². The smallest absolute Gasteiger partial charge is 0.196 e. The first-order chi connectivity index (χ1) is 12.7. The standard InChI is InChI=1S/C20H24N4O2/c1-4-22-20(23-14-16-8-6-7-15(11-16)13-21)24-17-9-10-18(25-3)19(12-17)26-5-2/h6-12H,4-5,14H2,1-3H3,(H2,22,23,24). The van der Waals surface area contributed by atoms with Crippen molar-refractivity contribution in [1.82, 2.24) is 5.32 Å². The van der Waals surface area contributed by atoms with E-state index in [0.29, 0.717) is 36.2 Å². The lowest BCUT2D eigenvalue weighted by Gasteiger charge is -2.14. The quantitative estimate of drug-likeness (QED) is 0.588. The Morgan fingerprint density at radius 3 is 2.69 bits per heavy atom. The highest BCUT2D eigenvalue weighted by Gasteiger charge is 2.07. The van der Waals surface area contributed by atoms with Gasteiger partial charge in [-0.15, -0.1) is 0 Å². The van der Waals surface area contributed by atoms with Gasteiger partial charge in [-0.1, -0.05) is 12.1 Å². The van der Waals surface area contributed by atoms with Crippen LogP contribution in [0.3, 0.4) is 0 Å². The summed E-state index contributed by atoms with van der Waals surface area (Å²) in [5.74, 6) is 2.02. The van der Waals surface area contributed by atoms with Crippen LogP contribution in [0, 0.1) is 11.3 Å². The maximum atomic E-state index is 9.00. The molecule has 26 heavy (non-hydrogen) atoms. The van der Waals surface area contributed by atoms with Gasteiger partial charge in [0.25, 0.3) is 0 Å². The average Bonchev–Trinajstić information content (AvgIpc) is 2.67. The molecule has 0 saturated heterocycles. The van der Waals surface area contributed by atoms with Crippen molar-refractivity contribution in [2.75, 3.05) is 25.6 Å². The van der Waals surface area contributed by atoms with Gasteiger partial charge in [0.2, 0.25) is 0 Å². The molecule has 0 saturated carbocycles. The van der Waals surface area contributed by atoms with Gasteiger partial charge in [0.1, 0.15) is 0 Å². The number of nitrogens with zero attached hydrogens (tertiary/aromatic N) is 2. The number of anilines is 1. The van der Waals surface area contributed by atoms with Gasteiger partial charge < -0.3 is 20.1 Å². The lowest BCUT2D eigenvalue weighted by Crippen LogP contribution is -2.30. The molecule has 0 aliphatic heterocycles. The molecule has 0 aliphatic rings. The molecule has 2 rings (SSSR count). The molecule has 2 aromatic rings. The van der Waals surface area contributed by atoms with E-state index in [0.717, 1.165) is 17.8 Å². The molecule has 0 unspecified atom stereocenters. The van der Waals surface area contributed by atoms with Crippen molar-refractivity contribution in [3.8, 4) is 17.6 Å². The molecule has 2 N–H and O–H groups in total. The largest absolute Gasteiger partial charge is 0.493 e. The van der Waals surface area contributed by atoms with Crippen LogP contribution in [0.4, 0.5) is 5.69 Å². The van der Waals surface area contributed by atoms with Gasteiger partial charge in [0.15, 0.2) is 17.5 Å². The van der Waals surface area contributed by atoms with Gasteiger partial charge in [0, 0.05) is 18.3 Å². The number of methoxy groups -OCH3 is 1. The summed E-state index contributed by atoms with van der Waals surface area (Å²) in [7, 11) is 1.62. The third-order valence-electron chi connectivity index (χ3n) is 3.55. The number of aliphatic imine (C=N–C) groups is 1. The van der Waals surface area contributed by atoms with Gasteiger partial charge >= 0.3 is 0 Å². The number of nitriles is 1. The Morgan fingerprint density at radius 1 is 1.15 bits per heavy atom. The zero-order valence-electron chi connectivity index (χ0n) is 15.4. The summed E-state index contributed by atoms with van der Waals surface area (Å²) in [6, 6.07) is 15.2. The first kappa shape index (κ1) is 19.1. The molecule has 0 radical (unpaired) electrons. The predicted molar refractivity (Wildman–Crippen MR) is 104 cm³/mol. The molecule has 0 spiro atoms. The summed E-state index contributed by atoms with van der Waals surface area (Å²) in [4.78, 5) is 4.59. The van der Waals surface area contributed by atoms with E-state index in [1.54, 1.807) is 13.2 Å². The summed E-state index contributed by atoms with van der Waals surface area (Å²) >= 11 is 0. The molecule has 6 heteroatoms. The van der Waals surface area contributed by atoms with E-state index < -0.39 is 0 Å². The molecule has 0 fully saturated rings. The topological polar surface area (TPSA) is 78.7 Å². The fraction of sp³-hybridized carbons (Fsp3) is 0.300. The van der Waals surface area contributed by atoms with Gasteiger partial charge in [-0.05, 0) is 43.7 Å². The minimum absolute atomic E-state index is 0.472. The first-order valence-electron chi connectivity index (χ1n) is 8.55. The molecular formula is C20H24N4O2. The lowest BCUT2D eigenvalue weighted by molar-refractivity contribution is 0.311. The molecule has 0 bridgehead atoms. The van der Waals surface area contributed by atoms with Crippen molar-refractivity contribution in [3.63, 3.8) is 0 Å². The Bertz CT molecular complexity index is 797. The van der Waals surface area contributed by atoms with Crippen LogP contribution in [-0.2, 0) is 6.54 Å². The number of benzene rings is 2. The summed E-state index contributed by atoms with van der Waals surface area (Å²) in [6.07, 6.45) is 0. The van der Waals surface area contributed by atoms with E-state index in [4.69, 9.17) is 14.7 Å². The lowest BCUT2D eigenvalue weighted by atomic mass is 10.1. The van der Waals surface area contributed by atoms with Gasteiger partial charge in [-0.3, -0.25) is 0 Å². The van der Waals surface area contributed by atoms with E-state index in [1.165, 1.54) is 0 Å². The fourth-order valence-corrected chi connectivity index (χ4v) is 2.38. The van der Waals surface area contributed by atoms with Crippen molar-refractivity contribution in [2.45, 2.75) is 20.4 Å². The third-order valence-corrected chi connectivity index (χ3v) is 3.55. The van der Waals surface area contributed by atoms with Gasteiger partial charge in [-0.2, -0.15) is 5.26 Å². The Hall–Kier alpha value is -3.20. The van der Waals surface area contributed by atoms with Crippen LogP contribution in [0.2, 0.25) is 0 Å². The van der Waals surface area contributed by atoms with E-state index in [2.05, 4.69) is 21.7 Å². The number of guanidine groups is 1. The van der Waals surface area contributed by atoms with Crippen LogP contribution in [0.5, 0.6) is 11.5 Å². The van der Waals surface area contributed by atoms with Gasteiger partial charge in [0.05, 0.1) is 31.9 Å². The first-order valence-corrected chi connectivity index (χ1v) is 8.55. The molecule has 0 heterocycles. The zero-order chi connectivity index (χ0) is 18.8. The number of ether oxygens (including phenoxy) is 2. The number of nitrogens with one attached hydrogen (secondary N) is 2. The Kier molecular flexibility index (Phi) is 7.31. The second-order valence-electron chi connectivity index (χ2n) is 5.43. The van der Waals surface area contributed by atoms with Crippen LogP contribution < -0.4 is 20.1 Å². The molecule has 2 aromatic carbocycles. The minimum Gasteiger partial charge on any atom is -0.493 e. The number of hydrogen-bond donors (Lipinski definition) is 2. The van der Waals surface area contributed by atoms with Crippen LogP contribution in [0.1, 0.15) is 25.0 Å². The van der Waals surface area contributed by atoms with E-state index >= 15 is 0 Å². The van der Waals surface area contributed by atoms with Crippen LogP contribution >= 0.6 is 0 Å². The van der Waals surface area contributed by atoms with Crippen molar-refractivity contribution in [1.29, 1.82) is 5.26 Å². The van der Waals surface area contributed by atoms with Gasteiger partial charge in [-0.25, -0.2) is 4.99 Å². The normalized spacial score (nSPS) is 10.8. The zero-order valence-corrected chi connectivity index (χ0v) is 15.4. The van der Waals surface area contributed by atoms with E-state index in [-0.39, 0.29) is 0 Å². The molecule has 0 atom stereocenters. The molecule has 136 valence electrons. The highest BCUT2D eigenvalue weighted by molar-refractivity contribution is 5.93. The predicted octanol–water partition coefficient (Wildman–Crippen LogP) is 3.54. The maximum absolute atomic E-state index is 9.00.